The summed E-state index contributed by atoms with van der Waals surface area (Å²) in [5.74, 6) is -0.0365. The maximum atomic E-state index is 13.9. The Bertz CT molecular complexity index is 1020. The maximum Gasteiger partial charge on any atom is 0.257 e. The van der Waals surface area contributed by atoms with Crippen molar-refractivity contribution in [1.82, 2.24) is 24.8 Å². The quantitative estimate of drug-likeness (QED) is 0.637. The Hall–Kier alpha value is -3.16. The van der Waals surface area contributed by atoms with Crippen molar-refractivity contribution in [3.05, 3.63) is 90.3 Å². The lowest BCUT2D eigenvalue weighted by molar-refractivity contribution is -0.173. The number of carbonyl (C=O) groups is 1. The fourth-order valence-electron chi connectivity index (χ4n) is 4.70. The zero-order chi connectivity index (χ0) is 21.1. The number of aromatic nitrogens is 3. The average molecular weight is 415 g/mol. The number of hydrogen-bond acceptors (Lipinski definition) is 6. The molecule has 3 aromatic rings. The lowest BCUT2D eigenvalue weighted by Gasteiger charge is -2.42. The Kier molecular flexibility index (Phi) is 5.44. The first-order chi connectivity index (χ1) is 15.2. The van der Waals surface area contributed by atoms with Gasteiger partial charge in [-0.15, -0.1) is 0 Å². The van der Waals surface area contributed by atoms with Crippen LogP contribution in [0.3, 0.4) is 0 Å². The summed E-state index contributed by atoms with van der Waals surface area (Å²) in [4.78, 5) is 30.9. The third kappa shape index (κ3) is 3.94. The fourth-order valence-corrected chi connectivity index (χ4v) is 4.70. The molecule has 0 radical (unpaired) electrons. The van der Waals surface area contributed by atoms with E-state index in [1.54, 1.807) is 24.8 Å². The van der Waals surface area contributed by atoms with Crippen molar-refractivity contribution in [3.63, 3.8) is 0 Å². The lowest BCUT2D eigenvalue weighted by Crippen LogP contribution is -2.59. The number of ether oxygens (including phenoxy) is 1. The molecular weight excluding hydrogens is 390 g/mol. The highest BCUT2D eigenvalue weighted by Crippen LogP contribution is 2.42. The second kappa shape index (κ2) is 8.53. The number of amides is 1. The van der Waals surface area contributed by atoms with Crippen LogP contribution in [0.4, 0.5) is 0 Å². The van der Waals surface area contributed by atoms with Crippen LogP contribution in [0.2, 0.25) is 0 Å². The smallest absolute Gasteiger partial charge is 0.257 e. The molecule has 2 atom stereocenters. The van der Waals surface area contributed by atoms with Gasteiger partial charge in [-0.05, 0) is 41.5 Å². The highest BCUT2D eigenvalue weighted by atomic mass is 16.5. The van der Waals surface area contributed by atoms with Gasteiger partial charge in [-0.3, -0.25) is 24.6 Å². The Morgan fingerprint density at radius 2 is 1.90 bits per heavy atom. The molecule has 0 aliphatic carbocycles. The van der Waals surface area contributed by atoms with Gasteiger partial charge >= 0.3 is 0 Å². The summed E-state index contributed by atoms with van der Waals surface area (Å²) >= 11 is 0. The first-order valence-electron chi connectivity index (χ1n) is 10.6. The maximum absolute atomic E-state index is 13.9. The highest BCUT2D eigenvalue weighted by Gasteiger charge is 2.57. The predicted octanol–water partition coefficient (Wildman–Crippen LogP) is 2.27. The zero-order valence-corrected chi connectivity index (χ0v) is 17.3. The number of likely N-dealkylation sites (tertiary alicyclic amines) is 1. The number of carbonyl (C=O) groups excluding carboxylic acids is 1. The van der Waals surface area contributed by atoms with Crippen molar-refractivity contribution in [2.24, 2.45) is 0 Å². The minimum atomic E-state index is -0.914. The predicted molar refractivity (Wildman–Crippen MR) is 115 cm³/mol. The van der Waals surface area contributed by atoms with Gasteiger partial charge in [-0.25, -0.2) is 0 Å². The van der Waals surface area contributed by atoms with Crippen LogP contribution in [0.25, 0.3) is 0 Å². The van der Waals surface area contributed by atoms with Gasteiger partial charge in [0.2, 0.25) is 0 Å². The molecule has 7 nitrogen and oxygen atoms in total. The van der Waals surface area contributed by atoms with Crippen LogP contribution < -0.4 is 0 Å². The largest absolute Gasteiger partial charge is 0.361 e. The molecule has 2 fully saturated rings. The number of rotatable bonds is 5. The van der Waals surface area contributed by atoms with Crippen molar-refractivity contribution in [3.8, 4) is 0 Å². The summed E-state index contributed by atoms with van der Waals surface area (Å²) < 4.78 is 6.35. The summed E-state index contributed by atoms with van der Waals surface area (Å²) in [6, 6.07) is 13.8. The fraction of sp³-hybridized carbons (Fsp3) is 0.333. The third-order valence-corrected chi connectivity index (χ3v) is 6.15. The first kappa shape index (κ1) is 19.8. The minimum absolute atomic E-state index is 0.0490. The van der Waals surface area contributed by atoms with E-state index in [1.165, 1.54) is 0 Å². The molecule has 0 unspecified atom stereocenters. The van der Waals surface area contributed by atoms with Gasteiger partial charge in [0.15, 0.2) is 5.60 Å². The number of nitrogens with zero attached hydrogens (tertiary/aromatic N) is 5. The van der Waals surface area contributed by atoms with Crippen molar-refractivity contribution < 1.29 is 9.53 Å². The van der Waals surface area contributed by atoms with Crippen LogP contribution in [0, 0.1) is 0 Å². The van der Waals surface area contributed by atoms with Gasteiger partial charge in [-0.1, -0.05) is 12.1 Å². The van der Waals surface area contributed by atoms with Crippen LogP contribution in [-0.4, -0.2) is 62.5 Å². The second-order valence-corrected chi connectivity index (χ2v) is 8.15. The Morgan fingerprint density at radius 1 is 1.00 bits per heavy atom. The molecule has 1 spiro atoms. The van der Waals surface area contributed by atoms with E-state index < -0.39 is 5.60 Å². The standard InChI is InChI=1S/C24H25N5O2/c30-23-24(31-13-12-29(23)15-19-6-10-25-11-7-19)18-28(16-21-5-1-2-9-27-21)17-22(24)20-4-3-8-26-14-20/h1-11,14,22H,12-13,15-18H2/t22-,24-/m1/s1. The molecule has 2 aliphatic heterocycles. The number of pyridine rings is 3. The van der Waals surface area contributed by atoms with Gasteiger partial charge in [0.25, 0.3) is 5.91 Å². The van der Waals surface area contributed by atoms with Crippen molar-refractivity contribution in [2.75, 3.05) is 26.2 Å². The van der Waals surface area contributed by atoms with E-state index in [4.69, 9.17) is 4.74 Å². The SMILES string of the molecule is O=C1N(Cc2ccncc2)CCO[C@@]12CN(Cc1ccccn1)C[C@@H]2c1cccnc1. The van der Waals surface area contributed by atoms with Gasteiger partial charge < -0.3 is 9.64 Å². The number of hydrogen-bond donors (Lipinski definition) is 0. The number of morpholine rings is 1. The highest BCUT2D eigenvalue weighted by molar-refractivity contribution is 5.88. The van der Waals surface area contributed by atoms with E-state index in [9.17, 15) is 4.79 Å². The molecule has 31 heavy (non-hydrogen) atoms. The van der Waals surface area contributed by atoms with Crippen LogP contribution in [0.5, 0.6) is 0 Å². The van der Waals surface area contributed by atoms with E-state index in [1.807, 2.05) is 53.6 Å². The van der Waals surface area contributed by atoms with E-state index >= 15 is 0 Å². The van der Waals surface area contributed by atoms with E-state index in [2.05, 4.69) is 19.9 Å². The van der Waals surface area contributed by atoms with Crippen molar-refractivity contribution in [1.29, 1.82) is 0 Å². The molecule has 5 heterocycles. The molecule has 2 aliphatic rings. The Labute approximate surface area is 181 Å². The van der Waals surface area contributed by atoms with E-state index in [0.29, 0.717) is 32.8 Å². The molecule has 0 aromatic carbocycles. The zero-order valence-electron chi connectivity index (χ0n) is 17.3. The third-order valence-electron chi connectivity index (χ3n) is 6.15. The van der Waals surface area contributed by atoms with Crippen LogP contribution >= 0.6 is 0 Å². The summed E-state index contributed by atoms with van der Waals surface area (Å²) in [6.45, 7) is 3.60. The topological polar surface area (TPSA) is 71.5 Å². The molecule has 0 saturated carbocycles. The van der Waals surface area contributed by atoms with Crippen molar-refractivity contribution in [2.45, 2.75) is 24.6 Å². The van der Waals surface area contributed by atoms with Crippen LogP contribution in [0.1, 0.15) is 22.7 Å². The van der Waals surface area contributed by atoms with Gasteiger partial charge in [0.1, 0.15) is 0 Å². The van der Waals surface area contributed by atoms with Crippen molar-refractivity contribution >= 4 is 5.91 Å². The molecule has 158 valence electrons. The molecule has 1 amide bonds. The van der Waals surface area contributed by atoms with Gasteiger partial charge in [0.05, 0.1) is 12.3 Å². The molecule has 0 bridgehead atoms. The summed E-state index contributed by atoms with van der Waals surface area (Å²) in [5, 5.41) is 0. The minimum Gasteiger partial charge on any atom is -0.361 e. The van der Waals surface area contributed by atoms with Gasteiger partial charge in [-0.2, -0.15) is 0 Å². The van der Waals surface area contributed by atoms with Crippen LogP contribution in [0.15, 0.2) is 73.4 Å². The molecule has 5 rings (SSSR count). The second-order valence-electron chi connectivity index (χ2n) is 8.15. The average Bonchev–Trinajstić information content (AvgIpc) is 3.17. The molecule has 2 saturated heterocycles. The Morgan fingerprint density at radius 3 is 2.68 bits per heavy atom. The molecule has 7 heteroatoms. The normalized spacial score (nSPS) is 24.1. The Balaban J connectivity index is 1.45. The molecule has 3 aromatic heterocycles. The monoisotopic (exact) mass is 415 g/mol. The molecular formula is C24H25N5O2. The molecule has 0 N–H and O–H groups in total. The van der Waals surface area contributed by atoms with Crippen LogP contribution in [-0.2, 0) is 22.6 Å². The lowest BCUT2D eigenvalue weighted by atomic mass is 9.83. The van der Waals surface area contributed by atoms with E-state index in [-0.39, 0.29) is 11.8 Å². The summed E-state index contributed by atoms with van der Waals surface area (Å²) in [6.07, 6.45) is 8.95. The van der Waals surface area contributed by atoms with E-state index in [0.717, 1.165) is 23.4 Å². The van der Waals surface area contributed by atoms with Gasteiger partial charge in [0, 0.05) is 69.6 Å². The first-order valence-corrected chi connectivity index (χ1v) is 10.6. The summed E-state index contributed by atoms with van der Waals surface area (Å²) in [5.41, 5.74) is 2.18. The summed E-state index contributed by atoms with van der Waals surface area (Å²) in [7, 11) is 0.